The van der Waals surface area contributed by atoms with Gasteiger partial charge >= 0.3 is 5.97 Å². The molecule has 1 heterocycles. The molecule has 3 rings (SSSR count). The van der Waals surface area contributed by atoms with Crippen molar-refractivity contribution in [2.75, 3.05) is 18.1 Å². The zero-order valence-corrected chi connectivity index (χ0v) is 14.5. The van der Waals surface area contributed by atoms with Gasteiger partial charge in [0.2, 0.25) is 5.91 Å². The lowest BCUT2D eigenvalue weighted by atomic mass is 9.79. The Kier molecular flexibility index (Phi) is 5.54. The van der Waals surface area contributed by atoms with E-state index in [4.69, 9.17) is 4.74 Å². The third-order valence-corrected chi connectivity index (χ3v) is 5.30. The Morgan fingerprint density at radius 1 is 1.17 bits per heavy atom. The topological polar surface area (TPSA) is 46.6 Å². The van der Waals surface area contributed by atoms with Gasteiger partial charge in [0.05, 0.1) is 6.61 Å². The Morgan fingerprint density at radius 3 is 2.67 bits per heavy atom. The van der Waals surface area contributed by atoms with Gasteiger partial charge in [-0.15, -0.1) is 0 Å². The van der Waals surface area contributed by atoms with E-state index in [0.717, 1.165) is 44.2 Å². The maximum absolute atomic E-state index is 13.3. The molecule has 4 heteroatoms. The summed E-state index contributed by atoms with van der Waals surface area (Å²) in [5.74, 6) is -0.916. The van der Waals surface area contributed by atoms with Crippen molar-refractivity contribution in [2.45, 2.75) is 51.9 Å². The first-order valence-electron chi connectivity index (χ1n) is 9.28. The minimum Gasteiger partial charge on any atom is -0.465 e. The smallest absolute Gasteiger partial charge is 0.318 e. The number of hydrogen-bond donors (Lipinski definition) is 0. The van der Waals surface area contributed by atoms with Crippen LogP contribution in [0.2, 0.25) is 0 Å². The molecule has 1 saturated carbocycles. The number of rotatable bonds is 4. The molecule has 2 aliphatic rings. The molecule has 0 radical (unpaired) electrons. The molecule has 0 N–H and O–H groups in total. The molecule has 0 saturated heterocycles. The molecule has 130 valence electrons. The lowest BCUT2D eigenvalue weighted by Gasteiger charge is -2.35. The van der Waals surface area contributed by atoms with Crippen molar-refractivity contribution in [3.63, 3.8) is 0 Å². The predicted molar refractivity (Wildman–Crippen MR) is 93.8 cm³/mol. The van der Waals surface area contributed by atoms with E-state index in [1.165, 1.54) is 12.0 Å². The third kappa shape index (κ3) is 3.47. The van der Waals surface area contributed by atoms with Crippen molar-refractivity contribution in [3.8, 4) is 0 Å². The highest BCUT2D eigenvalue weighted by Crippen LogP contribution is 2.35. The van der Waals surface area contributed by atoms with E-state index in [2.05, 4.69) is 6.07 Å². The third-order valence-electron chi connectivity index (χ3n) is 5.30. The standard InChI is InChI=1S/C20H27NO3/c1-2-24-20(23)18(16-10-4-3-5-11-16)19(22)21-14-8-12-15-9-6-7-13-17(15)21/h6-7,9,13,16,18H,2-5,8,10-12,14H2,1H3. The molecule has 1 aromatic carbocycles. The number of benzene rings is 1. The number of carbonyl (C=O) groups is 2. The van der Waals surface area contributed by atoms with Crippen LogP contribution in [0, 0.1) is 11.8 Å². The number of hydrogen-bond acceptors (Lipinski definition) is 3. The Labute approximate surface area is 144 Å². The van der Waals surface area contributed by atoms with E-state index < -0.39 is 5.92 Å². The molecule has 0 spiro atoms. The Bertz CT molecular complexity index is 592. The molecule has 1 aliphatic heterocycles. The second kappa shape index (κ2) is 7.82. The van der Waals surface area contributed by atoms with E-state index >= 15 is 0 Å². The molecule has 1 aromatic rings. The number of nitrogens with zero attached hydrogens (tertiary/aromatic N) is 1. The quantitative estimate of drug-likeness (QED) is 0.625. The van der Waals surface area contributed by atoms with E-state index in [1.54, 1.807) is 6.92 Å². The number of fused-ring (bicyclic) bond motifs is 1. The molecule has 4 nitrogen and oxygen atoms in total. The normalized spacial score (nSPS) is 19.5. The average molecular weight is 329 g/mol. The number of carbonyl (C=O) groups excluding carboxylic acids is 2. The van der Waals surface area contributed by atoms with Gasteiger partial charge in [0.25, 0.3) is 0 Å². The summed E-state index contributed by atoms with van der Waals surface area (Å²) in [6, 6.07) is 8.05. The Hall–Kier alpha value is -1.84. The zero-order valence-electron chi connectivity index (χ0n) is 14.5. The first-order valence-corrected chi connectivity index (χ1v) is 9.28. The van der Waals surface area contributed by atoms with Gasteiger partial charge in [0.1, 0.15) is 5.92 Å². The number of anilines is 1. The predicted octanol–water partition coefficient (Wildman–Crippen LogP) is 3.73. The van der Waals surface area contributed by atoms with Gasteiger partial charge in [-0.25, -0.2) is 0 Å². The summed E-state index contributed by atoms with van der Waals surface area (Å²) >= 11 is 0. The van der Waals surface area contributed by atoms with Crippen molar-refractivity contribution >= 4 is 17.6 Å². The summed E-state index contributed by atoms with van der Waals surface area (Å²) in [6.45, 7) is 2.82. The maximum atomic E-state index is 13.3. The van der Waals surface area contributed by atoms with E-state index in [9.17, 15) is 9.59 Å². The molecule has 0 bridgehead atoms. The van der Waals surface area contributed by atoms with E-state index in [-0.39, 0.29) is 17.8 Å². The molecular weight excluding hydrogens is 302 g/mol. The Morgan fingerprint density at radius 2 is 1.92 bits per heavy atom. The highest BCUT2D eigenvalue weighted by molar-refractivity contribution is 6.07. The van der Waals surface area contributed by atoms with E-state index in [1.807, 2.05) is 23.1 Å². The summed E-state index contributed by atoms with van der Waals surface area (Å²) < 4.78 is 5.27. The average Bonchev–Trinajstić information content (AvgIpc) is 2.62. The largest absolute Gasteiger partial charge is 0.465 e. The zero-order chi connectivity index (χ0) is 16.9. The van der Waals surface area contributed by atoms with Crippen LogP contribution < -0.4 is 4.90 Å². The van der Waals surface area contributed by atoms with Gasteiger partial charge in [-0.2, -0.15) is 0 Å². The van der Waals surface area contributed by atoms with Gasteiger partial charge in [-0.3, -0.25) is 9.59 Å². The monoisotopic (exact) mass is 329 g/mol. The summed E-state index contributed by atoms with van der Waals surface area (Å²) in [5, 5.41) is 0. The van der Waals surface area contributed by atoms with Crippen LogP contribution in [0.5, 0.6) is 0 Å². The highest BCUT2D eigenvalue weighted by atomic mass is 16.5. The van der Waals surface area contributed by atoms with Crippen LogP contribution >= 0.6 is 0 Å². The van der Waals surface area contributed by atoms with Crippen molar-refractivity contribution in [1.29, 1.82) is 0 Å². The molecular formula is C20H27NO3. The molecule has 1 atom stereocenters. The van der Waals surface area contributed by atoms with Crippen LogP contribution in [-0.4, -0.2) is 25.0 Å². The van der Waals surface area contributed by atoms with Crippen molar-refractivity contribution in [2.24, 2.45) is 11.8 Å². The molecule has 1 unspecified atom stereocenters. The molecule has 0 aromatic heterocycles. The van der Waals surface area contributed by atoms with Crippen molar-refractivity contribution in [3.05, 3.63) is 29.8 Å². The van der Waals surface area contributed by atoms with Crippen molar-refractivity contribution in [1.82, 2.24) is 0 Å². The number of amides is 1. The fourth-order valence-corrected chi connectivity index (χ4v) is 4.12. The number of aryl methyl sites for hydroxylation is 1. The second-order valence-electron chi connectivity index (χ2n) is 6.85. The fourth-order valence-electron chi connectivity index (χ4n) is 4.12. The molecule has 1 aliphatic carbocycles. The Balaban J connectivity index is 1.87. The minimum absolute atomic E-state index is 0.0625. The maximum Gasteiger partial charge on any atom is 0.318 e. The summed E-state index contributed by atoms with van der Waals surface area (Å²) in [5.41, 5.74) is 2.17. The molecule has 24 heavy (non-hydrogen) atoms. The van der Waals surface area contributed by atoms with Gasteiger partial charge in [0, 0.05) is 12.2 Å². The van der Waals surface area contributed by atoms with Crippen LogP contribution in [-0.2, 0) is 20.7 Å². The SMILES string of the molecule is CCOC(=O)C(C(=O)N1CCCc2ccccc21)C1CCCCC1. The van der Waals surface area contributed by atoms with Crippen LogP contribution in [0.25, 0.3) is 0 Å². The van der Waals surface area contributed by atoms with Crippen LogP contribution in [0.3, 0.4) is 0 Å². The summed E-state index contributed by atoms with van der Waals surface area (Å²) in [6.07, 6.45) is 7.24. The lowest BCUT2D eigenvalue weighted by molar-refractivity contribution is -0.154. The summed E-state index contributed by atoms with van der Waals surface area (Å²) in [7, 11) is 0. The van der Waals surface area contributed by atoms with Crippen LogP contribution in [0.1, 0.15) is 51.0 Å². The number of para-hydroxylation sites is 1. The van der Waals surface area contributed by atoms with Gasteiger partial charge in [-0.05, 0) is 50.2 Å². The van der Waals surface area contributed by atoms with E-state index in [0.29, 0.717) is 13.2 Å². The van der Waals surface area contributed by atoms with Crippen molar-refractivity contribution < 1.29 is 14.3 Å². The van der Waals surface area contributed by atoms with Crippen LogP contribution in [0.15, 0.2) is 24.3 Å². The van der Waals surface area contributed by atoms with Gasteiger partial charge in [0.15, 0.2) is 0 Å². The highest BCUT2D eigenvalue weighted by Gasteiger charge is 2.40. The fraction of sp³-hybridized carbons (Fsp3) is 0.600. The van der Waals surface area contributed by atoms with Gasteiger partial charge < -0.3 is 9.64 Å². The molecule has 1 amide bonds. The minimum atomic E-state index is -0.642. The van der Waals surface area contributed by atoms with Gasteiger partial charge in [-0.1, -0.05) is 37.5 Å². The second-order valence-corrected chi connectivity index (χ2v) is 6.85. The summed E-state index contributed by atoms with van der Waals surface area (Å²) in [4.78, 5) is 27.7. The number of esters is 1. The number of ether oxygens (including phenoxy) is 1. The van der Waals surface area contributed by atoms with Crippen LogP contribution in [0.4, 0.5) is 5.69 Å². The molecule has 1 fully saturated rings. The lowest BCUT2D eigenvalue weighted by Crippen LogP contribution is -2.46. The first kappa shape index (κ1) is 17.0. The first-order chi connectivity index (χ1) is 11.7.